The highest BCUT2D eigenvalue weighted by atomic mass is 79.9. The maximum Gasteiger partial charge on any atom is 0.174 e. The van der Waals surface area contributed by atoms with Gasteiger partial charge in [0.2, 0.25) is 0 Å². The zero-order valence-electron chi connectivity index (χ0n) is 10.3. The number of hydrogen-bond acceptors (Lipinski definition) is 6. The van der Waals surface area contributed by atoms with Crippen molar-refractivity contribution < 1.29 is 9.60 Å². The predicted octanol–water partition coefficient (Wildman–Crippen LogP) is 3.25. The fraction of sp³-hybridized carbons (Fsp3) is 0.182. The standard InChI is InChI=1S/C11H10BrFN4OS2/c1-2-7-15-11(20-17-7)19-6-4-3-5(10(14)16-18)8(12)9(6)13/h3-4,18H,2H2,1H3,(H2,14,16). The number of hydrogen-bond donors (Lipinski definition) is 2. The Balaban J connectivity index is 2.32. The molecule has 3 N–H and O–H groups in total. The number of halogens is 2. The molecule has 5 nitrogen and oxygen atoms in total. The molecule has 0 saturated carbocycles. The molecule has 0 aliphatic heterocycles. The highest BCUT2D eigenvalue weighted by Crippen LogP contribution is 2.35. The zero-order valence-corrected chi connectivity index (χ0v) is 13.5. The Hall–Kier alpha value is -1.19. The lowest BCUT2D eigenvalue weighted by Gasteiger charge is -2.07. The van der Waals surface area contributed by atoms with Gasteiger partial charge in [0, 0.05) is 12.0 Å². The van der Waals surface area contributed by atoms with Crippen LogP contribution >= 0.6 is 39.2 Å². The molecule has 2 aromatic rings. The van der Waals surface area contributed by atoms with Crippen LogP contribution in [0, 0.1) is 5.82 Å². The van der Waals surface area contributed by atoms with Gasteiger partial charge < -0.3 is 10.9 Å². The average molecular weight is 377 g/mol. The Morgan fingerprint density at radius 1 is 1.60 bits per heavy atom. The summed E-state index contributed by atoms with van der Waals surface area (Å²) in [4.78, 5) is 4.66. The number of oxime groups is 1. The fourth-order valence-corrected chi connectivity index (χ4v) is 3.76. The van der Waals surface area contributed by atoms with Crippen molar-refractivity contribution in [2.45, 2.75) is 22.6 Å². The summed E-state index contributed by atoms with van der Waals surface area (Å²) in [6.45, 7) is 1.96. The minimum Gasteiger partial charge on any atom is -0.409 e. The smallest absolute Gasteiger partial charge is 0.174 e. The van der Waals surface area contributed by atoms with Gasteiger partial charge in [0.15, 0.2) is 16.0 Å². The molecule has 0 atom stereocenters. The quantitative estimate of drug-likeness (QED) is 0.370. The van der Waals surface area contributed by atoms with E-state index in [9.17, 15) is 4.39 Å². The van der Waals surface area contributed by atoms with E-state index in [-0.39, 0.29) is 10.3 Å². The van der Waals surface area contributed by atoms with E-state index in [1.165, 1.54) is 23.3 Å². The maximum absolute atomic E-state index is 14.2. The molecular weight excluding hydrogens is 367 g/mol. The summed E-state index contributed by atoms with van der Waals surface area (Å²) in [5, 5.41) is 11.5. The van der Waals surface area contributed by atoms with Crippen LogP contribution in [0.5, 0.6) is 0 Å². The van der Waals surface area contributed by atoms with Crippen molar-refractivity contribution >= 4 is 45.1 Å². The third-order valence-corrected chi connectivity index (χ3v) is 4.99. The molecule has 9 heteroatoms. The van der Waals surface area contributed by atoms with E-state index < -0.39 is 5.82 Å². The molecule has 20 heavy (non-hydrogen) atoms. The van der Waals surface area contributed by atoms with Crippen molar-refractivity contribution in [3.05, 3.63) is 33.8 Å². The molecule has 2 rings (SSSR count). The number of aromatic nitrogens is 2. The molecule has 106 valence electrons. The highest BCUT2D eigenvalue weighted by Gasteiger charge is 2.16. The van der Waals surface area contributed by atoms with Gasteiger partial charge in [-0.05, 0) is 39.6 Å². The van der Waals surface area contributed by atoms with Gasteiger partial charge in [-0.3, -0.25) is 0 Å². The van der Waals surface area contributed by atoms with Gasteiger partial charge in [0.1, 0.15) is 5.82 Å². The molecule has 0 aliphatic rings. The molecule has 0 unspecified atom stereocenters. The lowest BCUT2D eigenvalue weighted by Crippen LogP contribution is -2.14. The summed E-state index contributed by atoms with van der Waals surface area (Å²) in [7, 11) is 0. The Morgan fingerprint density at radius 3 is 2.95 bits per heavy atom. The van der Waals surface area contributed by atoms with Crippen molar-refractivity contribution in [3.63, 3.8) is 0 Å². The van der Waals surface area contributed by atoms with E-state index >= 15 is 0 Å². The largest absolute Gasteiger partial charge is 0.409 e. The fourth-order valence-electron chi connectivity index (χ4n) is 1.38. The molecular formula is C11H10BrFN4OS2. The average Bonchev–Trinajstić information content (AvgIpc) is 2.91. The third-order valence-electron chi connectivity index (χ3n) is 2.39. The lowest BCUT2D eigenvalue weighted by atomic mass is 10.2. The highest BCUT2D eigenvalue weighted by molar-refractivity contribution is 9.10. The van der Waals surface area contributed by atoms with Crippen molar-refractivity contribution in [2.24, 2.45) is 10.9 Å². The van der Waals surface area contributed by atoms with Crippen molar-refractivity contribution in [2.75, 3.05) is 0 Å². The second-order valence-electron chi connectivity index (χ2n) is 3.66. The van der Waals surface area contributed by atoms with E-state index in [0.717, 1.165) is 12.2 Å². The Morgan fingerprint density at radius 2 is 2.35 bits per heavy atom. The van der Waals surface area contributed by atoms with Crippen LogP contribution in [0.15, 0.2) is 31.0 Å². The van der Waals surface area contributed by atoms with E-state index in [2.05, 4.69) is 30.4 Å². The van der Waals surface area contributed by atoms with Crippen LogP contribution < -0.4 is 5.73 Å². The van der Waals surface area contributed by atoms with Gasteiger partial charge in [-0.1, -0.05) is 23.8 Å². The molecule has 0 spiro atoms. The minimum atomic E-state index is -0.479. The first-order valence-corrected chi connectivity index (χ1v) is 7.91. The lowest BCUT2D eigenvalue weighted by molar-refractivity contribution is 0.318. The maximum atomic E-state index is 14.2. The number of amidine groups is 1. The molecule has 0 bridgehead atoms. The van der Waals surface area contributed by atoms with E-state index in [0.29, 0.717) is 14.8 Å². The van der Waals surface area contributed by atoms with Crippen LogP contribution in [-0.2, 0) is 6.42 Å². The van der Waals surface area contributed by atoms with E-state index in [1.807, 2.05) is 6.92 Å². The third kappa shape index (κ3) is 3.10. The van der Waals surface area contributed by atoms with Crippen molar-refractivity contribution in [1.29, 1.82) is 0 Å². The van der Waals surface area contributed by atoms with Gasteiger partial charge >= 0.3 is 0 Å². The van der Waals surface area contributed by atoms with Crippen LogP contribution in [0.2, 0.25) is 0 Å². The zero-order chi connectivity index (χ0) is 14.7. The number of aryl methyl sites for hydroxylation is 1. The van der Waals surface area contributed by atoms with E-state index in [4.69, 9.17) is 10.9 Å². The van der Waals surface area contributed by atoms with Crippen LogP contribution in [0.25, 0.3) is 0 Å². The number of nitrogens with two attached hydrogens (primary N) is 1. The predicted molar refractivity (Wildman–Crippen MR) is 80.0 cm³/mol. The van der Waals surface area contributed by atoms with Gasteiger partial charge in [-0.25, -0.2) is 9.37 Å². The Bertz CT molecular complexity index is 662. The summed E-state index contributed by atoms with van der Waals surface area (Å²) >= 11 is 5.53. The van der Waals surface area contributed by atoms with E-state index in [1.54, 1.807) is 12.1 Å². The molecule has 0 saturated heterocycles. The first kappa shape index (κ1) is 15.2. The summed E-state index contributed by atoms with van der Waals surface area (Å²) in [6, 6.07) is 3.14. The topological polar surface area (TPSA) is 84.4 Å². The second-order valence-corrected chi connectivity index (χ2v) is 6.49. The molecule has 1 aromatic carbocycles. The SMILES string of the molecule is CCc1nsc(Sc2ccc(/C(N)=N/O)c(Br)c2F)n1. The molecule has 0 radical (unpaired) electrons. The van der Waals surface area contributed by atoms with Gasteiger partial charge in [-0.2, -0.15) is 4.37 Å². The summed E-state index contributed by atoms with van der Waals surface area (Å²) in [6.07, 6.45) is 0.742. The summed E-state index contributed by atoms with van der Waals surface area (Å²) in [5.74, 6) is 0.106. The van der Waals surface area contributed by atoms with Crippen LogP contribution in [0.1, 0.15) is 18.3 Å². The Kier molecular flexibility index (Phi) is 4.95. The van der Waals surface area contributed by atoms with Crippen LogP contribution in [0.4, 0.5) is 4.39 Å². The van der Waals surface area contributed by atoms with Gasteiger partial charge in [-0.15, -0.1) is 0 Å². The first-order valence-electron chi connectivity index (χ1n) is 5.53. The molecule has 0 amide bonds. The molecule has 0 aliphatic carbocycles. The number of benzene rings is 1. The minimum absolute atomic E-state index is 0.151. The van der Waals surface area contributed by atoms with Crippen molar-refractivity contribution in [3.8, 4) is 0 Å². The first-order chi connectivity index (χ1) is 9.56. The molecule has 1 aromatic heterocycles. The van der Waals surface area contributed by atoms with Crippen molar-refractivity contribution in [1.82, 2.24) is 9.36 Å². The Labute approximate surface area is 131 Å². The second kappa shape index (κ2) is 6.51. The normalized spacial score (nSPS) is 11.8. The number of nitrogens with zero attached hydrogens (tertiary/aromatic N) is 3. The van der Waals surface area contributed by atoms with Gasteiger partial charge in [0.25, 0.3) is 0 Å². The van der Waals surface area contributed by atoms with Crippen LogP contribution in [-0.4, -0.2) is 20.4 Å². The summed E-state index contributed by atoms with van der Waals surface area (Å²) in [5.41, 5.74) is 5.76. The van der Waals surface area contributed by atoms with Gasteiger partial charge in [0.05, 0.1) is 9.37 Å². The molecule has 0 fully saturated rings. The molecule has 1 heterocycles. The summed E-state index contributed by atoms with van der Waals surface area (Å²) < 4.78 is 19.2. The van der Waals surface area contributed by atoms with Crippen LogP contribution in [0.3, 0.4) is 0 Å². The number of rotatable bonds is 4. The monoisotopic (exact) mass is 376 g/mol.